The van der Waals surface area contributed by atoms with Crippen LogP contribution in [0.1, 0.15) is 22.8 Å². The van der Waals surface area contributed by atoms with E-state index in [1.165, 1.54) is 35.2 Å². The molecule has 0 spiro atoms. The molecule has 4 rings (SSSR count). The van der Waals surface area contributed by atoms with E-state index in [0.717, 1.165) is 0 Å². The quantitative estimate of drug-likeness (QED) is 0.677. The summed E-state index contributed by atoms with van der Waals surface area (Å²) in [5.74, 6) is -0.173. The number of nitrogens with zero attached hydrogens (tertiary/aromatic N) is 2. The van der Waals surface area contributed by atoms with Gasteiger partial charge in [0.15, 0.2) is 11.6 Å². The van der Waals surface area contributed by atoms with Crippen LogP contribution in [0.5, 0.6) is 11.5 Å². The Bertz CT molecular complexity index is 1260. The zero-order valence-electron chi connectivity index (χ0n) is 16.2. The van der Waals surface area contributed by atoms with E-state index in [-0.39, 0.29) is 21.9 Å². The van der Waals surface area contributed by atoms with Crippen molar-refractivity contribution in [1.82, 2.24) is 4.98 Å². The summed E-state index contributed by atoms with van der Waals surface area (Å²) in [6.45, 7) is 3.80. The van der Waals surface area contributed by atoms with E-state index in [0.29, 0.717) is 23.7 Å². The maximum absolute atomic E-state index is 14.1. The number of amides is 1. The van der Waals surface area contributed by atoms with Gasteiger partial charge in [0, 0.05) is 12.7 Å². The summed E-state index contributed by atoms with van der Waals surface area (Å²) in [4.78, 5) is 18.5. The normalized spacial score (nSPS) is 13.2. The van der Waals surface area contributed by atoms with Gasteiger partial charge < -0.3 is 4.74 Å². The molecule has 0 saturated heterocycles. The van der Waals surface area contributed by atoms with E-state index >= 15 is 0 Å². The molecule has 1 aliphatic heterocycles. The van der Waals surface area contributed by atoms with Crippen LogP contribution >= 0.6 is 0 Å². The lowest BCUT2D eigenvalue weighted by atomic mass is 10.2. The van der Waals surface area contributed by atoms with Gasteiger partial charge in [-0.1, -0.05) is 6.07 Å². The van der Waals surface area contributed by atoms with Gasteiger partial charge in [0.1, 0.15) is 11.6 Å². The standard InChI is InChI=1S/C21H18FN3O4S/c1-3-25-20-19(5-4-10-23-20)29-18-9-7-14(12-15(18)21(25)26)30(27,28)24-17-8-6-13(2)11-16(17)22/h4-12,24H,3H2,1-2H3. The van der Waals surface area contributed by atoms with Crippen LogP contribution in [0.15, 0.2) is 59.6 Å². The Hall–Kier alpha value is -3.46. The van der Waals surface area contributed by atoms with Gasteiger partial charge in [-0.3, -0.25) is 14.4 Å². The highest BCUT2D eigenvalue weighted by Crippen LogP contribution is 2.38. The molecule has 0 bridgehead atoms. The topological polar surface area (TPSA) is 88.6 Å². The van der Waals surface area contributed by atoms with Gasteiger partial charge in [0.25, 0.3) is 15.9 Å². The molecule has 1 aliphatic rings. The highest BCUT2D eigenvalue weighted by Gasteiger charge is 2.30. The molecule has 0 unspecified atom stereocenters. The molecule has 1 N–H and O–H groups in total. The second-order valence-electron chi connectivity index (χ2n) is 6.72. The van der Waals surface area contributed by atoms with Crippen LogP contribution in [-0.2, 0) is 10.0 Å². The van der Waals surface area contributed by atoms with Crippen molar-refractivity contribution in [1.29, 1.82) is 0 Å². The number of halogens is 1. The van der Waals surface area contributed by atoms with Crippen molar-refractivity contribution >= 4 is 27.4 Å². The third-order valence-electron chi connectivity index (χ3n) is 4.65. The number of benzene rings is 2. The number of carbonyl (C=O) groups excluding carboxylic acids is 1. The number of aromatic nitrogens is 1. The third-order valence-corrected chi connectivity index (χ3v) is 6.01. The highest BCUT2D eigenvalue weighted by molar-refractivity contribution is 7.92. The third kappa shape index (κ3) is 3.48. The van der Waals surface area contributed by atoms with Crippen molar-refractivity contribution in [3.63, 3.8) is 0 Å². The molecule has 1 aromatic heterocycles. The average molecular weight is 427 g/mol. The first kappa shape index (κ1) is 19.8. The van der Waals surface area contributed by atoms with E-state index in [2.05, 4.69) is 9.71 Å². The number of fused-ring (bicyclic) bond motifs is 2. The fourth-order valence-corrected chi connectivity index (χ4v) is 4.25. The summed E-state index contributed by atoms with van der Waals surface area (Å²) in [6, 6.07) is 11.5. The Morgan fingerprint density at radius 1 is 1.13 bits per heavy atom. The van der Waals surface area contributed by atoms with Gasteiger partial charge >= 0.3 is 0 Å². The number of pyridine rings is 1. The van der Waals surface area contributed by atoms with Crippen molar-refractivity contribution in [3.05, 3.63) is 71.7 Å². The zero-order valence-corrected chi connectivity index (χ0v) is 17.0. The van der Waals surface area contributed by atoms with Gasteiger partial charge in [0.2, 0.25) is 0 Å². The number of nitrogens with one attached hydrogen (secondary N) is 1. The Morgan fingerprint density at radius 2 is 1.93 bits per heavy atom. The van der Waals surface area contributed by atoms with Crippen LogP contribution in [0.2, 0.25) is 0 Å². The lowest BCUT2D eigenvalue weighted by molar-refractivity contribution is 0.0987. The molecule has 154 valence electrons. The molecule has 7 nitrogen and oxygen atoms in total. The molecular weight excluding hydrogens is 409 g/mol. The monoisotopic (exact) mass is 427 g/mol. The molecular formula is C21H18FN3O4S. The van der Waals surface area contributed by atoms with Crippen molar-refractivity contribution < 1.29 is 22.3 Å². The average Bonchev–Trinajstić information content (AvgIpc) is 2.83. The predicted octanol–water partition coefficient (Wildman–Crippen LogP) is 4.10. The SMILES string of the molecule is CCN1C(=O)c2cc(S(=O)(=O)Nc3ccc(C)cc3F)ccc2Oc2cccnc21. The summed E-state index contributed by atoms with van der Waals surface area (Å²) in [6.07, 6.45) is 1.55. The van der Waals surface area contributed by atoms with Crippen LogP contribution in [0.4, 0.5) is 15.9 Å². The first-order valence-electron chi connectivity index (χ1n) is 9.18. The van der Waals surface area contributed by atoms with E-state index in [4.69, 9.17) is 4.74 Å². The second-order valence-corrected chi connectivity index (χ2v) is 8.41. The largest absolute Gasteiger partial charge is 0.453 e. The van der Waals surface area contributed by atoms with Gasteiger partial charge in [-0.25, -0.2) is 17.8 Å². The summed E-state index contributed by atoms with van der Waals surface area (Å²) in [5, 5.41) is 0. The van der Waals surface area contributed by atoms with Gasteiger partial charge in [-0.2, -0.15) is 0 Å². The predicted molar refractivity (Wildman–Crippen MR) is 110 cm³/mol. The van der Waals surface area contributed by atoms with Crippen LogP contribution in [0.25, 0.3) is 0 Å². The number of anilines is 2. The minimum atomic E-state index is -4.14. The van der Waals surface area contributed by atoms with Crippen molar-refractivity contribution in [2.24, 2.45) is 0 Å². The Morgan fingerprint density at radius 3 is 2.67 bits per heavy atom. The summed E-state index contributed by atoms with van der Waals surface area (Å²) < 4.78 is 47.8. The van der Waals surface area contributed by atoms with Gasteiger partial charge in [0.05, 0.1) is 16.1 Å². The Labute approximate surface area is 173 Å². The molecule has 0 aliphatic carbocycles. The maximum atomic E-state index is 14.1. The number of aryl methyl sites for hydroxylation is 1. The number of hydrogen-bond donors (Lipinski definition) is 1. The molecule has 0 radical (unpaired) electrons. The molecule has 2 aromatic carbocycles. The fraction of sp³-hybridized carbons (Fsp3) is 0.143. The zero-order chi connectivity index (χ0) is 21.5. The Balaban J connectivity index is 1.75. The second kappa shape index (κ2) is 7.42. The molecule has 3 aromatic rings. The first-order valence-corrected chi connectivity index (χ1v) is 10.7. The van der Waals surface area contributed by atoms with E-state index in [1.807, 2.05) is 0 Å². The molecule has 1 amide bonds. The van der Waals surface area contributed by atoms with Gasteiger partial charge in [-0.05, 0) is 61.9 Å². The van der Waals surface area contributed by atoms with Crippen LogP contribution < -0.4 is 14.4 Å². The van der Waals surface area contributed by atoms with Crippen LogP contribution in [-0.4, -0.2) is 25.9 Å². The lowest BCUT2D eigenvalue weighted by Gasteiger charge is -2.18. The minimum absolute atomic E-state index is 0.0714. The van der Waals surface area contributed by atoms with Crippen LogP contribution in [0.3, 0.4) is 0 Å². The molecule has 0 saturated carbocycles. The molecule has 0 atom stereocenters. The summed E-state index contributed by atoms with van der Waals surface area (Å²) >= 11 is 0. The lowest BCUT2D eigenvalue weighted by Crippen LogP contribution is -2.30. The highest BCUT2D eigenvalue weighted by atomic mass is 32.2. The van der Waals surface area contributed by atoms with E-state index < -0.39 is 21.7 Å². The van der Waals surface area contributed by atoms with Crippen molar-refractivity contribution in [2.45, 2.75) is 18.7 Å². The first-order chi connectivity index (χ1) is 14.3. The molecule has 9 heteroatoms. The van der Waals surface area contributed by atoms with Gasteiger partial charge in [-0.15, -0.1) is 0 Å². The maximum Gasteiger partial charge on any atom is 0.263 e. The molecule has 0 fully saturated rings. The fourth-order valence-electron chi connectivity index (χ4n) is 3.16. The number of carbonyl (C=O) groups is 1. The van der Waals surface area contributed by atoms with Crippen molar-refractivity contribution in [2.75, 3.05) is 16.2 Å². The number of ether oxygens (including phenoxy) is 1. The number of hydrogen-bond acceptors (Lipinski definition) is 5. The smallest absolute Gasteiger partial charge is 0.263 e. The van der Waals surface area contributed by atoms with Crippen LogP contribution in [0, 0.1) is 12.7 Å². The van der Waals surface area contributed by atoms with E-state index in [1.54, 1.807) is 38.2 Å². The minimum Gasteiger partial charge on any atom is -0.453 e. The Kier molecular flexibility index (Phi) is 4.90. The molecule has 2 heterocycles. The molecule has 30 heavy (non-hydrogen) atoms. The van der Waals surface area contributed by atoms with E-state index in [9.17, 15) is 17.6 Å². The summed E-state index contributed by atoms with van der Waals surface area (Å²) in [7, 11) is -4.14. The van der Waals surface area contributed by atoms with Crippen molar-refractivity contribution in [3.8, 4) is 11.5 Å². The number of rotatable bonds is 4. The summed E-state index contributed by atoms with van der Waals surface area (Å²) in [5.41, 5.74) is 0.558. The number of sulfonamides is 1.